The minimum Gasteiger partial charge on any atom is -0.465 e. The molecule has 0 saturated heterocycles. The summed E-state index contributed by atoms with van der Waals surface area (Å²) in [4.78, 5) is 11.8. The highest BCUT2D eigenvalue weighted by atomic mass is 19.4. The summed E-state index contributed by atoms with van der Waals surface area (Å²) in [5, 5.41) is 0. The van der Waals surface area contributed by atoms with Gasteiger partial charge < -0.3 is 9.47 Å². The van der Waals surface area contributed by atoms with Gasteiger partial charge in [0.1, 0.15) is 0 Å². The fraction of sp³-hybridized carbons (Fsp3) is 0.950. The van der Waals surface area contributed by atoms with E-state index in [1.165, 1.54) is 0 Å². The topological polar surface area (TPSA) is 35.5 Å². The number of esters is 1. The van der Waals surface area contributed by atoms with Crippen molar-refractivity contribution >= 4 is 5.97 Å². The van der Waals surface area contributed by atoms with Gasteiger partial charge in [-0.2, -0.15) is 13.2 Å². The van der Waals surface area contributed by atoms with E-state index in [2.05, 4.69) is 20.8 Å². The van der Waals surface area contributed by atoms with Crippen LogP contribution in [0, 0.1) is 17.8 Å². The van der Waals surface area contributed by atoms with Crippen LogP contribution in [0.15, 0.2) is 0 Å². The lowest BCUT2D eigenvalue weighted by Crippen LogP contribution is -2.36. The summed E-state index contributed by atoms with van der Waals surface area (Å²) < 4.78 is 49.3. The lowest BCUT2D eigenvalue weighted by atomic mass is 10.0. The minimum atomic E-state index is -4.64. The van der Waals surface area contributed by atoms with Crippen LogP contribution in [0.3, 0.4) is 0 Å². The van der Waals surface area contributed by atoms with E-state index < -0.39 is 24.7 Å². The molecule has 0 radical (unpaired) electrons. The molecular formula is C20H37F3O3. The molecule has 6 heteroatoms. The molecule has 3 atom stereocenters. The van der Waals surface area contributed by atoms with Crippen LogP contribution in [0.1, 0.15) is 79.1 Å². The molecule has 0 aliphatic heterocycles. The van der Waals surface area contributed by atoms with Gasteiger partial charge in [0, 0.05) is 6.61 Å². The zero-order valence-corrected chi connectivity index (χ0v) is 16.9. The van der Waals surface area contributed by atoms with Crippen LogP contribution in [-0.2, 0) is 14.3 Å². The van der Waals surface area contributed by atoms with Crippen molar-refractivity contribution in [2.75, 3.05) is 19.8 Å². The van der Waals surface area contributed by atoms with Crippen molar-refractivity contribution < 1.29 is 27.4 Å². The Morgan fingerprint density at radius 3 is 1.85 bits per heavy atom. The van der Waals surface area contributed by atoms with E-state index in [1.54, 1.807) is 0 Å². The van der Waals surface area contributed by atoms with Crippen molar-refractivity contribution in [3.05, 3.63) is 0 Å². The van der Waals surface area contributed by atoms with Gasteiger partial charge in [-0.3, -0.25) is 4.79 Å². The lowest BCUT2D eigenvalue weighted by Gasteiger charge is -2.20. The molecule has 0 aromatic heterocycles. The SMILES string of the molecule is CCCCC(C)CCOCC(C(=O)OCCC(C)CCCC)C(F)(F)F. The highest BCUT2D eigenvalue weighted by molar-refractivity contribution is 5.73. The Labute approximate surface area is 157 Å². The van der Waals surface area contributed by atoms with Crippen LogP contribution in [-0.4, -0.2) is 32.0 Å². The second-order valence-electron chi connectivity index (χ2n) is 7.41. The summed E-state index contributed by atoms with van der Waals surface area (Å²) >= 11 is 0. The number of carbonyl (C=O) groups is 1. The number of ether oxygens (including phenoxy) is 2. The van der Waals surface area contributed by atoms with E-state index in [-0.39, 0.29) is 13.2 Å². The van der Waals surface area contributed by atoms with E-state index in [4.69, 9.17) is 9.47 Å². The number of carbonyl (C=O) groups excluding carboxylic acids is 1. The third-order valence-corrected chi connectivity index (χ3v) is 4.68. The van der Waals surface area contributed by atoms with E-state index in [0.29, 0.717) is 24.7 Å². The fourth-order valence-corrected chi connectivity index (χ4v) is 2.64. The Balaban J connectivity index is 4.20. The first-order chi connectivity index (χ1) is 12.2. The molecular weight excluding hydrogens is 345 g/mol. The maximum absolute atomic E-state index is 13.1. The summed E-state index contributed by atoms with van der Waals surface area (Å²) in [7, 11) is 0. The first-order valence-electron chi connectivity index (χ1n) is 10.0. The zero-order valence-electron chi connectivity index (χ0n) is 16.9. The maximum Gasteiger partial charge on any atom is 0.404 e. The Hall–Kier alpha value is -0.780. The van der Waals surface area contributed by atoms with Crippen LogP contribution in [0.2, 0.25) is 0 Å². The molecule has 0 rings (SSSR count). The van der Waals surface area contributed by atoms with E-state index in [9.17, 15) is 18.0 Å². The third-order valence-electron chi connectivity index (χ3n) is 4.68. The smallest absolute Gasteiger partial charge is 0.404 e. The van der Waals surface area contributed by atoms with Gasteiger partial charge in [-0.15, -0.1) is 0 Å². The van der Waals surface area contributed by atoms with Crippen molar-refractivity contribution in [3.8, 4) is 0 Å². The molecule has 26 heavy (non-hydrogen) atoms. The van der Waals surface area contributed by atoms with Crippen molar-refractivity contribution in [3.63, 3.8) is 0 Å². The first-order valence-corrected chi connectivity index (χ1v) is 10.0. The molecule has 3 unspecified atom stereocenters. The van der Waals surface area contributed by atoms with Crippen molar-refractivity contribution in [1.82, 2.24) is 0 Å². The molecule has 0 saturated carbocycles. The molecule has 0 amide bonds. The van der Waals surface area contributed by atoms with Crippen molar-refractivity contribution in [2.24, 2.45) is 17.8 Å². The van der Waals surface area contributed by atoms with Gasteiger partial charge in [-0.05, 0) is 24.7 Å². The maximum atomic E-state index is 13.1. The van der Waals surface area contributed by atoms with Gasteiger partial charge in [0.25, 0.3) is 0 Å². The fourth-order valence-electron chi connectivity index (χ4n) is 2.64. The standard InChI is InChI=1S/C20H37F3O3/c1-5-7-9-16(3)11-13-25-15-18(20(21,22)23)19(24)26-14-12-17(4)10-8-6-2/h16-18H,5-15H2,1-4H3. The van der Waals surface area contributed by atoms with Crippen LogP contribution in [0.5, 0.6) is 0 Å². The van der Waals surface area contributed by atoms with Gasteiger partial charge in [0.05, 0.1) is 13.2 Å². The summed E-state index contributed by atoms with van der Waals surface area (Å²) in [6.45, 7) is 7.89. The number of hydrogen-bond acceptors (Lipinski definition) is 3. The number of alkyl halides is 3. The largest absolute Gasteiger partial charge is 0.465 e. The molecule has 3 nitrogen and oxygen atoms in total. The normalized spacial score (nSPS) is 15.5. The summed E-state index contributed by atoms with van der Waals surface area (Å²) in [5.41, 5.74) is 0. The van der Waals surface area contributed by atoms with E-state index in [0.717, 1.165) is 38.5 Å². The minimum absolute atomic E-state index is 0.0321. The molecule has 0 aromatic rings. The lowest BCUT2D eigenvalue weighted by molar-refractivity contribution is -0.206. The van der Waals surface area contributed by atoms with Crippen molar-refractivity contribution in [1.29, 1.82) is 0 Å². The second-order valence-corrected chi connectivity index (χ2v) is 7.41. The Bertz CT molecular complexity index is 359. The van der Waals surface area contributed by atoms with Crippen LogP contribution in [0.4, 0.5) is 13.2 Å². The highest BCUT2D eigenvalue weighted by Crippen LogP contribution is 2.28. The van der Waals surface area contributed by atoms with Gasteiger partial charge in [-0.1, -0.05) is 66.2 Å². The predicted octanol–water partition coefficient (Wildman–Crippen LogP) is 6.16. The number of halogens is 3. The number of rotatable bonds is 15. The van der Waals surface area contributed by atoms with E-state index in [1.807, 2.05) is 6.92 Å². The van der Waals surface area contributed by atoms with Crippen LogP contribution < -0.4 is 0 Å². The Morgan fingerprint density at radius 2 is 1.38 bits per heavy atom. The Morgan fingerprint density at radius 1 is 0.885 bits per heavy atom. The molecule has 0 N–H and O–H groups in total. The molecule has 0 aromatic carbocycles. The first kappa shape index (κ1) is 25.2. The number of unbranched alkanes of at least 4 members (excludes halogenated alkanes) is 2. The highest BCUT2D eigenvalue weighted by Gasteiger charge is 2.46. The summed E-state index contributed by atoms with van der Waals surface area (Å²) in [5.74, 6) is -2.66. The molecule has 156 valence electrons. The number of hydrogen-bond donors (Lipinski definition) is 0. The van der Waals surface area contributed by atoms with Crippen LogP contribution >= 0.6 is 0 Å². The van der Waals surface area contributed by atoms with Crippen molar-refractivity contribution in [2.45, 2.75) is 85.2 Å². The molecule has 0 aliphatic carbocycles. The van der Waals surface area contributed by atoms with Gasteiger partial charge in [0.15, 0.2) is 5.92 Å². The average Bonchev–Trinajstić information content (AvgIpc) is 2.56. The molecule has 0 spiro atoms. The Kier molecular flexibility index (Phi) is 13.9. The molecule has 0 heterocycles. The van der Waals surface area contributed by atoms with Gasteiger partial charge in [-0.25, -0.2) is 0 Å². The summed E-state index contributed by atoms with van der Waals surface area (Å²) in [6, 6.07) is 0. The quantitative estimate of drug-likeness (QED) is 0.251. The molecule has 0 fully saturated rings. The second kappa shape index (κ2) is 14.3. The predicted molar refractivity (Wildman–Crippen MR) is 97.9 cm³/mol. The van der Waals surface area contributed by atoms with E-state index >= 15 is 0 Å². The van der Waals surface area contributed by atoms with Crippen LogP contribution in [0.25, 0.3) is 0 Å². The van der Waals surface area contributed by atoms with Gasteiger partial charge >= 0.3 is 12.1 Å². The third kappa shape index (κ3) is 12.6. The summed E-state index contributed by atoms with van der Waals surface area (Å²) in [6.07, 6.45) is 3.05. The zero-order chi connectivity index (χ0) is 20.0. The van der Waals surface area contributed by atoms with Gasteiger partial charge in [0.2, 0.25) is 0 Å². The molecule has 0 aliphatic rings. The molecule has 0 bridgehead atoms. The monoisotopic (exact) mass is 382 g/mol. The average molecular weight is 383 g/mol.